The van der Waals surface area contributed by atoms with E-state index < -0.39 is 0 Å². The minimum atomic E-state index is -0.117. The zero-order chi connectivity index (χ0) is 18.2. The molecule has 1 aromatic rings. The molecule has 0 bridgehead atoms. The molecule has 0 aliphatic heterocycles. The van der Waals surface area contributed by atoms with Gasteiger partial charge in [0.1, 0.15) is 0 Å². The van der Waals surface area contributed by atoms with Gasteiger partial charge in [-0.2, -0.15) is 0 Å². The van der Waals surface area contributed by atoms with Gasteiger partial charge in [-0.15, -0.1) is 0 Å². The summed E-state index contributed by atoms with van der Waals surface area (Å²) in [5.41, 5.74) is 1.06. The van der Waals surface area contributed by atoms with Gasteiger partial charge in [0, 0.05) is 0 Å². The van der Waals surface area contributed by atoms with E-state index in [4.69, 9.17) is 4.74 Å². The van der Waals surface area contributed by atoms with Gasteiger partial charge >= 0.3 is 5.97 Å². The monoisotopic (exact) mass is 346 g/mol. The second-order valence-corrected chi connectivity index (χ2v) is 7.07. The minimum absolute atomic E-state index is 0.0687. The standard InChI is InChI=1S/C23H38O2/c1-3-5-6-7-8-9-10-11-12-13-17-20-25-23(24)22(4-2)21-18-15-14-16-19-21/h14-16,18-19,22H,3-13,17,20H2,1-2H3. The van der Waals surface area contributed by atoms with Gasteiger partial charge in [0.2, 0.25) is 0 Å². The third kappa shape index (κ3) is 10.3. The molecule has 2 heteroatoms. The summed E-state index contributed by atoms with van der Waals surface area (Å²) in [5.74, 6) is -0.185. The smallest absolute Gasteiger partial charge is 0.313 e. The molecule has 0 radical (unpaired) electrons. The first-order valence-corrected chi connectivity index (χ1v) is 10.5. The maximum atomic E-state index is 12.2. The minimum Gasteiger partial charge on any atom is -0.465 e. The average molecular weight is 347 g/mol. The Bertz CT molecular complexity index is 427. The first kappa shape index (κ1) is 21.7. The summed E-state index contributed by atoms with van der Waals surface area (Å²) in [5, 5.41) is 0. The molecule has 0 aromatic heterocycles. The van der Waals surface area contributed by atoms with E-state index in [1.54, 1.807) is 0 Å². The van der Waals surface area contributed by atoms with E-state index in [1.807, 2.05) is 37.3 Å². The molecule has 1 unspecified atom stereocenters. The molecule has 0 aliphatic rings. The normalized spacial score (nSPS) is 12.1. The number of unbranched alkanes of at least 4 members (excludes halogenated alkanes) is 10. The van der Waals surface area contributed by atoms with E-state index in [2.05, 4.69) is 6.92 Å². The SMILES string of the molecule is CCCCCCCCCCCCCOC(=O)C(CC)c1ccccc1. The highest BCUT2D eigenvalue weighted by Gasteiger charge is 2.19. The van der Waals surface area contributed by atoms with Gasteiger partial charge in [-0.1, -0.05) is 108 Å². The fourth-order valence-corrected chi connectivity index (χ4v) is 3.26. The van der Waals surface area contributed by atoms with E-state index in [1.165, 1.54) is 64.2 Å². The van der Waals surface area contributed by atoms with E-state index in [9.17, 15) is 4.79 Å². The Morgan fingerprint density at radius 2 is 1.32 bits per heavy atom. The summed E-state index contributed by atoms with van der Waals surface area (Å²) in [4.78, 5) is 12.2. The van der Waals surface area contributed by atoms with Gasteiger partial charge in [0.15, 0.2) is 0 Å². The van der Waals surface area contributed by atoms with Crippen LogP contribution in [0.2, 0.25) is 0 Å². The summed E-state index contributed by atoms with van der Waals surface area (Å²) < 4.78 is 5.49. The molecule has 1 aromatic carbocycles. The van der Waals surface area contributed by atoms with Gasteiger partial charge in [-0.05, 0) is 18.4 Å². The maximum absolute atomic E-state index is 12.2. The Hall–Kier alpha value is -1.31. The second-order valence-electron chi connectivity index (χ2n) is 7.07. The number of esters is 1. The van der Waals surface area contributed by atoms with Crippen molar-refractivity contribution >= 4 is 5.97 Å². The largest absolute Gasteiger partial charge is 0.465 e. The first-order valence-electron chi connectivity index (χ1n) is 10.5. The van der Waals surface area contributed by atoms with Gasteiger partial charge in [-0.25, -0.2) is 0 Å². The van der Waals surface area contributed by atoms with Crippen LogP contribution in [-0.2, 0) is 9.53 Å². The van der Waals surface area contributed by atoms with Crippen molar-refractivity contribution in [3.8, 4) is 0 Å². The van der Waals surface area contributed by atoms with Crippen LogP contribution in [0, 0.1) is 0 Å². The van der Waals surface area contributed by atoms with Crippen molar-refractivity contribution < 1.29 is 9.53 Å². The molecule has 0 aliphatic carbocycles. The Balaban J connectivity index is 1.99. The molecule has 0 fully saturated rings. The van der Waals surface area contributed by atoms with Crippen LogP contribution in [-0.4, -0.2) is 12.6 Å². The molecular formula is C23H38O2. The number of hydrogen-bond acceptors (Lipinski definition) is 2. The summed E-state index contributed by atoms with van der Waals surface area (Å²) in [6.45, 7) is 4.88. The van der Waals surface area contributed by atoms with Crippen molar-refractivity contribution in [1.82, 2.24) is 0 Å². The van der Waals surface area contributed by atoms with Crippen LogP contribution in [0.1, 0.15) is 102 Å². The van der Waals surface area contributed by atoms with Crippen LogP contribution in [0.5, 0.6) is 0 Å². The molecule has 0 heterocycles. The zero-order valence-electron chi connectivity index (χ0n) is 16.5. The fourth-order valence-electron chi connectivity index (χ4n) is 3.26. The number of carbonyl (C=O) groups excluding carboxylic acids is 1. The van der Waals surface area contributed by atoms with E-state index in [0.29, 0.717) is 6.61 Å². The van der Waals surface area contributed by atoms with Gasteiger partial charge in [-0.3, -0.25) is 4.79 Å². The third-order valence-corrected chi connectivity index (χ3v) is 4.89. The molecule has 1 atom stereocenters. The highest BCUT2D eigenvalue weighted by molar-refractivity contribution is 5.78. The third-order valence-electron chi connectivity index (χ3n) is 4.89. The number of rotatable bonds is 15. The van der Waals surface area contributed by atoms with Crippen molar-refractivity contribution in [2.75, 3.05) is 6.61 Å². The number of ether oxygens (including phenoxy) is 1. The van der Waals surface area contributed by atoms with Crippen molar-refractivity contribution in [3.63, 3.8) is 0 Å². The lowest BCUT2D eigenvalue weighted by atomic mass is 9.97. The van der Waals surface area contributed by atoms with E-state index in [-0.39, 0.29) is 11.9 Å². The van der Waals surface area contributed by atoms with Crippen LogP contribution >= 0.6 is 0 Å². The Labute approximate surface area is 155 Å². The van der Waals surface area contributed by atoms with Crippen LogP contribution in [0.25, 0.3) is 0 Å². The number of benzene rings is 1. The predicted octanol–water partition coefficient (Wildman–Crippen LogP) is 7.03. The highest BCUT2D eigenvalue weighted by Crippen LogP contribution is 2.21. The summed E-state index contributed by atoms with van der Waals surface area (Å²) in [6.07, 6.45) is 15.2. The van der Waals surface area contributed by atoms with Crippen molar-refractivity contribution in [2.45, 2.75) is 96.8 Å². The average Bonchev–Trinajstić information content (AvgIpc) is 2.64. The van der Waals surface area contributed by atoms with Crippen LogP contribution < -0.4 is 0 Å². The van der Waals surface area contributed by atoms with E-state index >= 15 is 0 Å². The molecule has 0 spiro atoms. The molecule has 2 nitrogen and oxygen atoms in total. The molecular weight excluding hydrogens is 308 g/mol. The summed E-state index contributed by atoms with van der Waals surface area (Å²) >= 11 is 0. The second kappa shape index (κ2) is 15.0. The molecule has 0 saturated carbocycles. The van der Waals surface area contributed by atoms with Crippen molar-refractivity contribution in [1.29, 1.82) is 0 Å². The topological polar surface area (TPSA) is 26.3 Å². The predicted molar refractivity (Wildman–Crippen MR) is 107 cm³/mol. The molecule has 0 saturated heterocycles. The van der Waals surface area contributed by atoms with Crippen LogP contribution in [0.4, 0.5) is 0 Å². The van der Waals surface area contributed by atoms with Crippen molar-refractivity contribution in [3.05, 3.63) is 35.9 Å². The van der Waals surface area contributed by atoms with Gasteiger partial charge < -0.3 is 4.74 Å². The maximum Gasteiger partial charge on any atom is 0.313 e. The van der Waals surface area contributed by atoms with E-state index in [0.717, 1.165) is 18.4 Å². The molecule has 25 heavy (non-hydrogen) atoms. The molecule has 0 N–H and O–H groups in total. The first-order chi connectivity index (χ1) is 12.3. The van der Waals surface area contributed by atoms with Crippen LogP contribution in [0.15, 0.2) is 30.3 Å². The number of carbonyl (C=O) groups is 1. The summed E-state index contributed by atoms with van der Waals surface area (Å²) in [7, 11) is 0. The lowest BCUT2D eigenvalue weighted by Gasteiger charge is -2.14. The van der Waals surface area contributed by atoms with Crippen LogP contribution in [0.3, 0.4) is 0 Å². The number of hydrogen-bond donors (Lipinski definition) is 0. The Morgan fingerprint density at radius 1 is 0.800 bits per heavy atom. The molecule has 0 amide bonds. The Morgan fingerprint density at radius 3 is 1.84 bits per heavy atom. The molecule has 1 rings (SSSR count). The lowest BCUT2D eigenvalue weighted by molar-refractivity contribution is -0.145. The van der Waals surface area contributed by atoms with Crippen molar-refractivity contribution in [2.24, 2.45) is 0 Å². The highest BCUT2D eigenvalue weighted by atomic mass is 16.5. The quantitative estimate of drug-likeness (QED) is 0.251. The zero-order valence-corrected chi connectivity index (χ0v) is 16.5. The Kier molecular flexibility index (Phi) is 13.0. The van der Waals surface area contributed by atoms with Gasteiger partial charge in [0.25, 0.3) is 0 Å². The lowest BCUT2D eigenvalue weighted by Crippen LogP contribution is -2.16. The van der Waals surface area contributed by atoms with Gasteiger partial charge in [0.05, 0.1) is 12.5 Å². The summed E-state index contributed by atoms with van der Waals surface area (Å²) in [6, 6.07) is 9.96. The molecule has 142 valence electrons. The fraction of sp³-hybridized carbons (Fsp3) is 0.696.